The Labute approximate surface area is 276 Å². The number of aliphatic hydroxyl groups is 1. The minimum atomic E-state index is -1.71. The molecule has 1 unspecified atom stereocenters. The van der Waals surface area contributed by atoms with E-state index in [9.17, 15) is 10.2 Å². The van der Waals surface area contributed by atoms with Gasteiger partial charge in [0.2, 0.25) is 0 Å². The van der Waals surface area contributed by atoms with Gasteiger partial charge in [0.1, 0.15) is 22.8 Å². The molecule has 0 spiro atoms. The first-order valence-corrected chi connectivity index (χ1v) is 16.1. The molecule has 4 aromatic carbocycles. The molecule has 0 aromatic heterocycles. The van der Waals surface area contributed by atoms with Crippen molar-refractivity contribution in [3.63, 3.8) is 0 Å². The van der Waals surface area contributed by atoms with E-state index in [0.29, 0.717) is 34.6 Å². The van der Waals surface area contributed by atoms with Gasteiger partial charge in [0.25, 0.3) is 0 Å². The second-order valence-corrected chi connectivity index (χ2v) is 14.5. The van der Waals surface area contributed by atoms with Crippen molar-refractivity contribution in [3.05, 3.63) is 124 Å². The Morgan fingerprint density at radius 2 is 1.24 bits per heavy atom. The van der Waals surface area contributed by atoms with Gasteiger partial charge in [-0.3, -0.25) is 4.99 Å². The van der Waals surface area contributed by atoms with E-state index in [1.165, 1.54) is 0 Å². The van der Waals surface area contributed by atoms with Gasteiger partial charge in [0, 0.05) is 22.9 Å². The summed E-state index contributed by atoms with van der Waals surface area (Å²) in [5.74, 6) is 1.44. The molecule has 0 saturated carbocycles. The van der Waals surface area contributed by atoms with Crippen LogP contribution < -0.4 is 9.47 Å². The highest BCUT2D eigenvalue weighted by molar-refractivity contribution is 5.84. The Hall–Kier alpha value is -4.09. The van der Waals surface area contributed by atoms with E-state index in [1.807, 2.05) is 72.8 Å². The number of aliphatic imine (C=N–C) groups is 1. The Morgan fingerprint density at radius 3 is 1.70 bits per heavy atom. The predicted octanol–water partition coefficient (Wildman–Crippen LogP) is 9.09. The van der Waals surface area contributed by atoms with Crippen molar-refractivity contribution in [1.82, 2.24) is 0 Å². The predicted molar refractivity (Wildman–Crippen MR) is 190 cm³/mol. The summed E-state index contributed by atoms with van der Waals surface area (Å²) in [7, 11) is 3.26. The van der Waals surface area contributed by atoms with Crippen LogP contribution >= 0.6 is 0 Å². The molecular formula is C41H51NO4. The highest BCUT2D eigenvalue weighted by Gasteiger charge is 2.45. The first-order valence-electron chi connectivity index (χ1n) is 16.1. The number of nitrogens with zero attached hydrogens (tertiary/aromatic N) is 1. The molecule has 0 radical (unpaired) electrons. The maximum atomic E-state index is 13.6. The summed E-state index contributed by atoms with van der Waals surface area (Å²) in [5.41, 5.74) is 3.66. The number of phenolic OH excluding ortho intramolecular Hbond substituents is 1. The molecule has 0 aliphatic heterocycles. The van der Waals surface area contributed by atoms with E-state index >= 15 is 0 Å². The second-order valence-electron chi connectivity index (χ2n) is 14.5. The molecule has 0 aliphatic carbocycles. The Morgan fingerprint density at radius 1 is 0.717 bits per heavy atom. The molecule has 0 fully saturated rings. The minimum absolute atomic E-state index is 0.138. The molecule has 46 heavy (non-hydrogen) atoms. The van der Waals surface area contributed by atoms with Crippen molar-refractivity contribution in [1.29, 1.82) is 0 Å². The summed E-state index contributed by atoms with van der Waals surface area (Å²) >= 11 is 0. The van der Waals surface area contributed by atoms with Crippen molar-refractivity contribution in [2.75, 3.05) is 14.2 Å². The van der Waals surface area contributed by atoms with Crippen molar-refractivity contribution < 1.29 is 19.7 Å². The van der Waals surface area contributed by atoms with Crippen LogP contribution in [-0.2, 0) is 22.9 Å². The first kappa shape index (κ1) is 34.8. The molecular weight excluding hydrogens is 570 g/mol. The smallest absolute Gasteiger partial charge is 0.144 e. The van der Waals surface area contributed by atoms with Gasteiger partial charge >= 0.3 is 0 Å². The molecule has 2 N–H and O–H groups in total. The van der Waals surface area contributed by atoms with Gasteiger partial charge in [-0.25, -0.2) is 0 Å². The molecule has 1 atom stereocenters. The largest absolute Gasteiger partial charge is 0.507 e. The van der Waals surface area contributed by atoms with Crippen LogP contribution in [0, 0.1) is 0 Å². The molecule has 244 valence electrons. The number of hydrogen-bond acceptors (Lipinski definition) is 5. The van der Waals surface area contributed by atoms with Gasteiger partial charge in [-0.15, -0.1) is 0 Å². The maximum Gasteiger partial charge on any atom is 0.144 e. The summed E-state index contributed by atoms with van der Waals surface area (Å²) in [6.45, 7) is 17.0. The van der Waals surface area contributed by atoms with Crippen LogP contribution in [0.15, 0.2) is 89.9 Å². The van der Waals surface area contributed by atoms with Gasteiger partial charge in [-0.05, 0) is 75.8 Å². The average Bonchev–Trinajstić information content (AvgIpc) is 3.02. The summed E-state index contributed by atoms with van der Waals surface area (Å²) < 4.78 is 12.0. The zero-order chi connectivity index (χ0) is 33.9. The number of rotatable bonds is 10. The van der Waals surface area contributed by atoms with Gasteiger partial charge in [-0.2, -0.15) is 0 Å². The number of ether oxygens (including phenoxy) is 2. The zero-order valence-corrected chi connectivity index (χ0v) is 29.2. The zero-order valence-electron chi connectivity index (χ0n) is 29.2. The Kier molecular flexibility index (Phi) is 10.4. The van der Waals surface area contributed by atoms with Crippen LogP contribution in [-0.4, -0.2) is 36.7 Å². The summed E-state index contributed by atoms with van der Waals surface area (Å²) in [6, 6.07) is 27.1. The van der Waals surface area contributed by atoms with Crippen molar-refractivity contribution in [2.24, 2.45) is 4.99 Å². The third-order valence-corrected chi connectivity index (χ3v) is 8.82. The highest BCUT2D eigenvalue weighted by atomic mass is 16.5. The lowest BCUT2D eigenvalue weighted by molar-refractivity contribution is 0.0475. The summed E-state index contributed by atoms with van der Waals surface area (Å²) in [4.78, 5) is 5.16. The molecule has 0 saturated heterocycles. The number of phenols is 1. The van der Waals surface area contributed by atoms with Crippen molar-refractivity contribution >= 4 is 6.21 Å². The van der Waals surface area contributed by atoms with E-state index < -0.39 is 11.6 Å². The Balaban J connectivity index is 2.11. The quantitative estimate of drug-likeness (QED) is 0.173. The normalized spacial score (nSPS) is 13.3. The van der Waals surface area contributed by atoms with E-state index in [2.05, 4.69) is 67.5 Å². The number of hydrogen-bond donors (Lipinski definition) is 2. The molecule has 0 amide bonds. The molecule has 0 bridgehead atoms. The van der Waals surface area contributed by atoms with Crippen LogP contribution in [0.3, 0.4) is 0 Å². The number of methoxy groups -OCH3 is 2. The van der Waals surface area contributed by atoms with Gasteiger partial charge in [0.05, 0.1) is 20.3 Å². The number of para-hydroxylation sites is 1. The fourth-order valence-electron chi connectivity index (χ4n) is 5.91. The van der Waals surface area contributed by atoms with E-state index in [-0.39, 0.29) is 22.5 Å². The van der Waals surface area contributed by atoms with Crippen molar-refractivity contribution in [2.45, 2.75) is 90.2 Å². The fraction of sp³-hybridized carbons (Fsp3) is 0.390. The lowest BCUT2D eigenvalue weighted by atomic mass is 9.73. The fourth-order valence-corrected chi connectivity index (χ4v) is 5.91. The lowest BCUT2D eigenvalue weighted by Crippen LogP contribution is -2.42. The van der Waals surface area contributed by atoms with Crippen LogP contribution in [0.25, 0.3) is 0 Å². The summed E-state index contributed by atoms with van der Waals surface area (Å²) in [5, 5.41) is 24.9. The van der Waals surface area contributed by atoms with Crippen LogP contribution in [0.4, 0.5) is 0 Å². The second kappa shape index (κ2) is 13.7. The molecule has 4 aromatic rings. The average molecular weight is 622 g/mol. The first-order chi connectivity index (χ1) is 21.6. The van der Waals surface area contributed by atoms with Crippen molar-refractivity contribution in [3.8, 4) is 17.2 Å². The Bertz CT molecular complexity index is 1590. The highest BCUT2D eigenvalue weighted by Crippen LogP contribution is 2.47. The minimum Gasteiger partial charge on any atom is -0.507 e. The number of benzene rings is 4. The lowest BCUT2D eigenvalue weighted by Gasteiger charge is -2.38. The molecule has 0 aliphatic rings. The third-order valence-electron chi connectivity index (χ3n) is 8.82. The van der Waals surface area contributed by atoms with E-state index in [0.717, 1.165) is 22.3 Å². The van der Waals surface area contributed by atoms with Crippen LogP contribution in [0.2, 0.25) is 0 Å². The molecule has 5 heteroatoms. The monoisotopic (exact) mass is 621 g/mol. The van der Waals surface area contributed by atoms with Gasteiger partial charge < -0.3 is 19.7 Å². The van der Waals surface area contributed by atoms with E-state index in [1.54, 1.807) is 20.4 Å². The van der Waals surface area contributed by atoms with Gasteiger partial charge in [0.15, 0.2) is 0 Å². The third kappa shape index (κ3) is 7.31. The molecule has 0 heterocycles. The van der Waals surface area contributed by atoms with Gasteiger partial charge in [-0.1, -0.05) is 110 Å². The van der Waals surface area contributed by atoms with Crippen LogP contribution in [0.1, 0.15) is 100 Å². The molecule has 4 rings (SSSR count). The number of aromatic hydroxyl groups is 1. The van der Waals surface area contributed by atoms with Crippen LogP contribution in [0.5, 0.6) is 17.2 Å². The van der Waals surface area contributed by atoms with E-state index in [4.69, 9.17) is 14.5 Å². The summed E-state index contributed by atoms with van der Waals surface area (Å²) in [6.07, 6.45) is 2.10. The molecule has 5 nitrogen and oxygen atoms in total. The standard InChI is InChI=1S/C41H51NO4/c1-27(2)32-18-14-17-29(38(32)43)26-42-37(23-28-15-12-11-13-16-28)41(44,33-24-30(39(3,4)5)19-21-35(33)45-9)34-25-31(40(6,7)8)20-22-36(34)46-10/h11-22,24-27,37,43-44H,23H2,1-10H3. The topological polar surface area (TPSA) is 71.3 Å². The maximum absolute atomic E-state index is 13.6. The SMILES string of the molecule is COc1ccc(C(C)(C)C)cc1C(O)(c1cc(C(C)(C)C)ccc1OC)C(Cc1ccccc1)N=Cc1cccc(C(C)C)c1O.